The summed E-state index contributed by atoms with van der Waals surface area (Å²) in [4.78, 5) is 36.9. The van der Waals surface area contributed by atoms with Crippen LogP contribution in [-0.2, 0) is 14.4 Å². The van der Waals surface area contributed by atoms with Crippen LogP contribution in [0, 0.1) is 0 Å². The Kier molecular flexibility index (Phi) is 4.74. The lowest BCUT2D eigenvalue weighted by atomic mass is 10.2. The van der Waals surface area contributed by atoms with Gasteiger partial charge >= 0.3 is 11.8 Å². The van der Waals surface area contributed by atoms with Gasteiger partial charge in [0, 0.05) is 37.1 Å². The topological polar surface area (TPSA) is 107 Å². The van der Waals surface area contributed by atoms with Gasteiger partial charge in [0.25, 0.3) is 0 Å². The highest BCUT2D eigenvalue weighted by atomic mass is 16.2. The quantitative estimate of drug-likeness (QED) is 0.552. The van der Waals surface area contributed by atoms with Gasteiger partial charge in [-0.2, -0.15) is 5.10 Å². The third kappa shape index (κ3) is 3.70. The highest BCUT2D eigenvalue weighted by Gasteiger charge is 2.19. The lowest BCUT2D eigenvalue weighted by Crippen LogP contribution is -2.37. The number of likely N-dealkylation sites (tertiary alicyclic amines) is 1. The van der Waals surface area contributed by atoms with Crippen LogP contribution in [0.25, 0.3) is 10.9 Å². The summed E-state index contributed by atoms with van der Waals surface area (Å²) in [6.45, 7) is 1.75. The van der Waals surface area contributed by atoms with E-state index in [2.05, 4.69) is 20.8 Å². The number of amides is 3. The fourth-order valence-electron chi connectivity index (χ4n) is 2.70. The zero-order valence-electron chi connectivity index (χ0n) is 13.2. The maximum absolute atomic E-state index is 11.9. The Hall–Kier alpha value is -2.90. The number of nitrogens with one attached hydrogen (secondary N) is 3. The Balaban J connectivity index is 1.42. The number of rotatable bonds is 5. The van der Waals surface area contributed by atoms with Crippen molar-refractivity contribution in [3.63, 3.8) is 0 Å². The monoisotopic (exact) mass is 329 g/mol. The molecule has 0 atom stereocenters. The van der Waals surface area contributed by atoms with Crippen LogP contribution in [0.15, 0.2) is 24.4 Å². The molecule has 8 heteroatoms. The van der Waals surface area contributed by atoms with E-state index in [1.807, 2.05) is 0 Å². The van der Waals surface area contributed by atoms with Gasteiger partial charge in [0.15, 0.2) is 0 Å². The molecule has 1 aliphatic rings. The van der Waals surface area contributed by atoms with Crippen LogP contribution in [-0.4, -0.2) is 52.5 Å². The fraction of sp³-hybridized carbons (Fsp3) is 0.375. The molecule has 8 nitrogen and oxygen atoms in total. The Morgan fingerprint density at radius 2 is 2.17 bits per heavy atom. The van der Waals surface area contributed by atoms with Gasteiger partial charge in [0.1, 0.15) is 0 Å². The number of hydrogen-bond acceptors (Lipinski definition) is 4. The van der Waals surface area contributed by atoms with Crippen molar-refractivity contribution in [1.82, 2.24) is 20.4 Å². The molecule has 0 radical (unpaired) electrons. The predicted octanol–water partition coefficient (Wildman–Crippen LogP) is 0.630. The molecular formula is C16H19N5O3. The summed E-state index contributed by atoms with van der Waals surface area (Å²) >= 11 is 0. The van der Waals surface area contributed by atoms with E-state index in [1.165, 1.54) is 0 Å². The lowest BCUT2D eigenvalue weighted by molar-refractivity contribution is -0.136. The summed E-state index contributed by atoms with van der Waals surface area (Å²) in [5, 5.41) is 12.7. The average molecular weight is 329 g/mol. The molecule has 24 heavy (non-hydrogen) atoms. The molecule has 0 saturated carbocycles. The van der Waals surface area contributed by atoms with Gasteiger partial charge in [-0.05, 0) is 31.0 Å². The molecule has 1 aromatic heterocycles. The first kappa shape index (κ1) is 16.0. The summed E-state index contributed by atoms with van der Waals surface area (Å²) in [6, 6.07) is 5.23. The zero-order valence-corrected chi connectivity index (χ0v) is 13.2. The van der Waals surface area contributed by atoms with Crippen molar-refractivity contribution in [3.8, 4) is 0 Å². The molecule has 3 rings (SSSR count). The van der Waals surface area contributed by atoms with E-state index in [9.17, 15) is 14.4 Å². The summed E-state index contributed by atoms with van der Waals surface area (Å²) in [7, 11) is 0. The molecular weight excluding hydrogens is 310 g/mol. The van der Waals surface area contributed by atoms with Crippen LogP contribution in [0.5, 0.6) is 0 Å². The molecule has 0 unspecified atom stereocenters. The van der Waals surface area contributed by atoms with Crippen LogP contribution in [0.2, 0.25) is 0 Å². The molecule has 2 aromatic rings. The molecule has 1 saturated heterocycles. The molecule has 126 valence electrons. The van der Waals surface area contributed by atoms with Crippen molar-refractivity contribution in [2.45, 2.75) is 19.3 Å². The van der Waals surface area contributed by atoms with Gasteiger partial charge in [0.2, 0.25) is 5.91 Å². The molecule has 0 bridgehead atoms. The van der Waals surface area contributed by atoms with Crippen LogP contribution in [0.1, 0.15) is 19.3 Å². The van der Waals surface area contributed by atoms with Crippen molar-refractivity contribution in [2.24, 2.45) is 0 Å². The van der Waals surface area contributed by atoms with Gasteiger partial charge in [0.05, 0.1) is 11.7 Å². The normalized spacial score (nSPS) is 14.2. The van der Waals surface area contributed by atoms with Crippen molar-refractivity contribution in [2.75, 3.05) is 25.0 Å². The molecule has 1 aliphatic heterocycles. The van der Waals surface area contributed by atoms with Gasteiger partial charge in [-0.25, -0.2) is 0 Å². The van der Waals surface area contributed by atoms with E-state index in [0.717, 1.165) is 23.9 Å². The Labute approximate surface area is 138 Å². The number of carbonyl (C=O) groups excluding carboxylic acids is 3. The third-order valence-corrected chi connectivity index (χ3v) is 3.97. The van der Waals surface area contributed by atoms with Gasteiger partial charge < -0.3 is 15.5 Å². The molecule has 1 aromatic carbocycles. The second-order valence-corrected chi connectivity index (χ2v) is 5.72. The number of nitrogens with zero attached hydrogens (tertiary/aromatic N) is 2. The number of hydrogen-bond donors (Lipinski definition) is 3. The number of H-pyrrole nitrogens is 1. The second-order valence-electron chi connectivity index (χ2n) is 5.72. The number of anilines is 1. The van der Waals surface area contributed by atoms with E-state index in [1.54, 1.807) is 29.3 Å². The summed E-state index contributed by atoms with van der Waals surface area (Å²) in [5.74, 6) is -1.24. The summed E-state index contributed by atoms with van der Waals surface area (Å²) in [5.41, 5.74) is 1.30. The molecule has 3 N–H and O–H groups in total. The van der Waals surface area contributed by atoms with E-state index in [4.69, 9.17) is 0 Å². The molecule has 3 amide bonds. The van der Waals surface area contributed by atoms with Crippen LogP contribution < -0.4 is 10.6 Å². The third-order valence-electron chi connectivity index (χ3n) is 3.97. The number of aromatic nitrogens is 2. The Morgan fingerprint density at radius 1 is 1.29 bits per heavy atom. The Bertz CT molecular complexity index is 770. The fourth-order valence-corrected chi connectivity index (χ4v) is 2.70. The largest absolute Gasteiger partial charge is 0.348 e. The minimum absolute atomic E-state index is 0.160. The van der Waals surface area contributed by atoms with Crippen molar-refractivity contribution in [3.05, 3.63) is 24.4 Å². The van der Waals surface area contributed by atoms with Gasteiger partial charge in [-0.3, -0.25) is 19.5 Å². The van der Waals surface area contributed by atoms with E-state index < -0.39 is 11.8 Å². The van der Waals surface area contributed by atoms with E-state index in [0.29, 0.717) is 31.6 Å². The summed E-state index contributed by atoms with van der Waals surface area (Å²) in [6.07, 6.45) is 3.81. The number of benzene rings is 1. The SMILES string of the molecule is O=C(NCCCN1CCCC1=O)C(=O)Nc1ccc2cn[nH]c2c1. The van der Waals surface area contributed by atoms with Crippen molar-refractivity contribution < 1.29 is 14.4 Å². The van der Waals surface area contributed by atoms with Gasteiger partial charge in [-0.1, -0.05) is 0 Å². The zero-order chi connectivity index (χ0) is 16.9. The first-order chi connectivity index (χ1) is 11.6. The highest BCUT2D eigenvalue weighted by molar-refractivity contribution is 6.39. The maximum Gasteiger partial charge on any atom is 0.313 e. The number of carbonyl (C=O) groups is 3. The number of fused-ring (bicyclic) bond motifs is 1. The Morgan fingerprint density at radius 3 is 2.96 bits per heavy atom. The van der Waals surface area contributed by atoms with Gasteiger partial charge in [-0.15, -0.1) is 0 Å². The number of aromatic amines is 1. The van der Waals surface area contributed by atoms with Crippen LogP contribution in [0.4, 0.5) is 5.69 Å². The standard InChI is InChI=1S/C16H19N5O3/c22-14-3-1-7-21(14)8-2-6-17-15(23)16(24)19-12-5-4-11-10-18-20-13(11)9-12/h4-5,9-10H,1-3,6-8H2,(H,17,23)(H,18,20)(H,19,24). The van der Waals surface area contributed by atoms with Crippen LogP contribution >= 0.6 is 0 Å². The molecule has 0 aliphatic carbocycles. The predicted molar refractivity (Wildman–Crippen MR) is 88.2 cm³/mol. The minimum Gasteiger partial charge on any atom is -0.348 e. The molecule has 1 fully saturated rings. The first-order valence-electron chi connectivity index (χ1n) is 7.93. The highest BCUT2D eigenvalue weighted by Crippen LogP contribution is 2.16. The smallest absolute Gasteiger partial charge is 0.313 e. The van der Waals surface area contributed by atoms with E-state index in [-0.39, 0.29) is 5.91 Å². The summed E-state index contributed by atoms with van der Waals surface area (Å²) < 4.78 is 0. The van der Waals surface area contributed by atoms with Crippen molar-refractivity contribution in [1.29, 1.82) is 0 Å². The maximum atomic E-state index is 11.9. The lowest BCUT2D eigenvalue weighted by Gasteiger charge is -2.15. The average Bonchev–Trinajstić information content (AvgIpc) is 3.19. The van der Waals surface area contributed by atoms with E-state index >= 15 is 0 Å². The molecule has 2 heterocycles. The van der Waals surface area contributed by atoms with Crippen molar-refractivity contribution >= 4 is 34.3 Å². The second kappa shape index (κ2) is 7.12. The first-order valence-corrected chi connectivity index (χ1v) is 7.93. The molecule has 0 spiro atoms. The minimum atomic E-state index is -0.717. The van der Waals surface area contributed by atoms with Crippen LogP contribution in [0.3, 0.4) is 0 Å².